The van der Waals surface area contributed by atoms with Gasteiger partial charge in [0.2, 0.25) is 0 Å². The van der Waals surface area contributed by atoms with Crippen molar-refractivity contribution in [3.05, 3.63) is 17.5 Å². The molecule has 0 aliphatic heterocycles. The molecule has 0 aliphatic carbocycles. The van der Waals surface area contributed by atoms with Crippen LogP contribution in [0.4, 0.5) is 13.2 Å². The van der Waals surface area contributed by atoms with E-state index < -0.39 is 19.6 Å². The third-order valence-corrected chi connectivity index (χ3v) is 3.95. The highest BCUT2D eigenvalue weighted by Crippen LogP contribution is 2.32. The standard InChI is InChI=1S/C5H3F3O2S2/c6-5(7,8)12(9,10)4-2-1-3-11-4/h1-3H. The van der Waals surface area contributed by atoms with Gasteiger partial charge in [-0.1, -0.05) is 6.07 Å². The lowest BCUT2D eigenvalue weighted by Crippen LogP contribution is -2.22. The summed E-state index contributed by atoms with van der Waals surface area (Å²) in [5.74, 6) is 0. The Labute approximate surface area is 70.6 Å². The first-order valence-corrected chi connectivity index (χ1v) is 5.07. The summed E-state index contributed by atoms with van der Waals surface area (Å²) in [6.45, 7) is 0. The Morgan fingerprint density at radius 1 is 1.33 bits per heavy atom. The highest BCUT2D eigenvalue weighted by atomic mass is 32.2. The molecular weight excluding hydrogens is 213 g/mol. The van der Waals surface area contributed by atoms with Gasteiger partial charge in [0, 0.05) is 0 Å². The van der Waals surface area contributed by atoms with E-state index in [9.17, 15) is 21.6 Å². The van der Waals surface area contributed by atoms with E-state index in [0.717, 1.165) is 6.07 Å². The second-order valence-corrected chi connectivity index (χ2v) is 5.00. The minimum absolute atomic E-state index is 0.549. The maximum atomic E-state index is 11.8. The van der Waals surface area contributed by atoms with Crippen LogP contribution in [0.2, 0.25) is 0 Å². The van der Waals surface area contributed by atoms with E-state index in [1.165, 1.54) is 11.4 Å². The predicted octanol–water partition coefficient (Wildman–Crippen LogP) is 2.04. The lowest BCUT2D eigenvalue weighted by Gasteiger charge is -2.04. The van der Waals surface area contributed by atoms with Crippen LogP contribution in [0.1, 0.15) is 0 Å². The van der Waals surface area contributed by atoms with Gasteiger partial charge in [0.15, 0.2) is 0 Å². The van der Waals surface area contributed by atoms with Gasteiger partial charge in [0.05, 0.1) is 0 Å². The van der Waals surface area contributed by atoms with Crippen molar-refractivity contribution in [3.8, 4) is 0 Å². The second-order valence-electron chi connectivity index (χ2n) is 1.88. The molecule has 0 amide bonds. The maximum Gasteiger partial charge on any atom is 0.502 e. The Kier molecular flexibility index (Phi) is 2.17. The monoisotopic (exact) mass is 216 g/mol. The normalized spacial score (nSPS) is 13.2. The molecule has 2 nitrogen and oxygen atoms in total. The molecule has 68 valence electrons. The van der Waals surface area contributed by atoms with Crippen LogP contribution in [-0.4, -0.2) is 13.9 Å². The van der Waals surface area contributed by atoms with Crippen molar-refractivity contribution in [2.24, 2.45) is 0 Å². The Bertz CT molecular complexity index is 349. The molecule has 0 saturated heterocycles. The molecule has 1 rings (SSSR count). The summed E-state index contributed by atoms with van der Waals surface area (Å²) < 4.78 is 56.0. The number of alkyl halides is 3. The minimum atomic E-state index is -5.20. The predicted molar refractivity (Wildman–Crippen MR) is 37.6 cm³/mol. The molecule has 0 spiro atoms. The Morgan fingerprint density at radius 3 is 2.25 bits per heavy atom. The van der Waals surface area contributed by atoms with Gasteiger partial charge < -0.3 is 0 Å². The van der Waals surface area contributed by atoms with Crippen LogP contribution in [-0.2, 0) is 9.84 Å². The first kappa shape index (κ1) is 9.53. The van der Waals surface area contributed by atoms with Gasteiger partial charge in [0.1, 0.15) is 4.21 Å². The Morgan fingerprint density at radius 2 is 1.92 bits per heavy atom. The zero-order valence-corrected chi connectivity index (χ0v) is 7.13. The fraction of sp³-hybridized carbons (Fsp3) is 0.200. The summed E-state index contributed by atoms with van der Waals surface area (Å²) in [6.07, 6.45) is 0. The maximum absolute atomic E-state index is 11.8. The Hall–Kier alpha value is -0.560. The molecule has 0 bridgehead atoms. The fourth-order valence-electron chi connectivity index (χ4n) is 0.530. The van der Waals surface area contributed by atoms with Crippen LogP contribution in [0.3, 0.4) is 0 Å². The molecule has 0 radical (unpaired) electrons. The van der Waals surface area contributed by atoms with E-state index in [4.69, 9.17) is 0 Å². The van der Waals surface area contributed by atoms with Crippen LogP contribution in [0.15, 0.2) is 21.7 Å². The SMILES string of the molecule is O=S(=O)(c1cccs1)C(F)(F)F. The third-order valence-electron chi connectivity index (χ3n) is 1.06. The smallest absolute Gasteiger partial charge is 0.213 e. The van der Waals surface area contributed by atoms with Gasteiger partial charge in [-0.25, -0.2) is 8.42 Å². The summed E-state index contributed by atoms with van der Waals surface area (Å²) in [4.78, 5) is 0. The van der Waals surface area contributed by atoms with Crippen molar-refractivity contribution in [1.29, 1.82) is 0 Å². The molecule has 1 heterocycles. The third kappa shape index (κ3) is 1.46. The highest BCUT2D eigenvalue weighted by molar-refractivity contribution is 7.94. The molecule has 0 aromatic carbocycles. The molecule has 1 aromatic rings. The number of rotatable bonds is 1. The zero-order chi connectivity index (χ0) is 9.41. The molecule has 7 heteroatoms. The summed E-state index contributed by atoms with van der Waals surface area (Å²) in [7, 11) is -5.11. The number of halogens is 3. The van der Waals surface area contributed by atoms with E-state index in [1.54, 1.807) is 0 Å². The largest absolute Gasteiger partial charge is 0.502 e. The van der Waals surface area contributed by atoms with Crippen LogP contribution in [0, 0.1) is 0 Å². The summed E-state index contributed by atoms with van der Waals surface area (Å²) in [5, 5.41) is 1.28. The molecule has 1 aromatic heterocycles. The van der Waals surface area contributed by atoms with Gasteiger partial charge in [-0.3, -0.25) is 0 Å². The van der Waals surface area contributed by atoms with Gasteiger partial charge in [-0.15, -0.1) is 11.3 Å². The first-order valence-electron chi connectivity index (χ1n) is 2.70. The van der Waals surface area contributed by atoms with E-state index in [-0.39, 0.29) is 0 Å². The fourth-order valence-corrected chi connectivity index (χ4v) is 2.42. The van der Waals surface area contributed by atoms with Crippen molar-refractivity contribution in [2.75, 3.05) is 0 Å². The van der Waals surface area contributed by atoms with Crippen molar-refractivity contribution < 1.29 is 21.6 Å². The van der Waals surface area contributed by atoms with E-state index in [0.29, 0.717) is 11.3 Å². The van der Waals surface area contributed by atoms with Crippen molar-refractivity contribution in [3.63, 3.8) is 0 Å². The van der Waals surface area contributed by atoms with Gasteiger partial charge in [0.25, 0.3) is 9.84 Å². The summed E-state index contributed by atoms with van der Waals surface area (Å²) >= 11 is 0.549. The molecule has 0 N–H and O–H groups in total. The van der Waals surface area contributed by atoms with Crippen molar-refractivity contribution >= 4 is 21.2 Å². The second kappa shape index (κ2) is 2.74. The number of hydrogen-bond donors (Lipinski definition) is 0. The molecular formula is C5H3F3O2S2. The van der Waals surface area contributed by atoms with E-state index >= 15 is 0 Å². The number of hydrogen-bond acceptors (Lipinski definition) is 3. The quantitative estimate of drug-likeness (QED) is 0.719. The van der Waals surface area contributed by atoms with Crippen LogP contribution in [0.25, 0.3) is 0 Å². The molecule has 0 fully saturated rings. The molecule has 0 atom stereocenters. The topological polar surface area (TPSA) is 34.1 Å². The lowest BCUT2D eigenvalue weighted by molar-refractivity contribution is -0.0434. The number of sulfone groups is 1. The molecule has 12 heavy (non-hydrogen) atoms. The molecule has 0 unspecified atom stereocenters. The average Bonchev–Trinajstić information content (AvgIpc) is 2.34. The summed E-state index contributed by atoms with van der Waals surface area (Å²) in [6, 6.07) is 2.18. The first-order chi connectivity index (χ1) is 5.36. The van der Waals surface area contributed by atoms with Gasteiger partial charge in [-0.05, 0) is 11.4 Å². The van der Waals surface area contributed by atoms with Gasteiger partial charge in [-0.2, -0.15) is 13.2 Å². The highest BCUT2D eigenvalue weighted by Gasteiger charge is 2.47. The average molecular weight is 216 g/mol. The van der Waals surface area contributed by atoms with Crippen LogP contribution in [0.5, 0.6) is 0 Å². The van der Waals surface area contributed by atoms with Gasteiger partial charge >= 0.3 is 5.51 Å². The molecule has 0 saturated carbocycles. The Balaban J connectivity index is 3.22. The zero-order valence-electron chi connectivity index (χ0n) is 5.50. The van der Waals surface area contributed by atoms with Crippen molar-refractivity contribution in [2.45, 2.75) is 9.72 Å². The summed E-state index contributed by atoms with van der Waals surface area (Å²) in [5.41, 5.74) is -5.20. The minimum Gasteiger partial charge on any atom is -0.213 e. The van der Waals surface area contributed by atoms with E-state index in [2.05, 4.69) is 0 Å². The number of thiophene rings is 1. The van der Waals surface area contributed by atoms with Crippen LogP contribution < -0.4 is 0 Å². The van der Waals surface area contributed by atoms with E-state index in [1.807, 2.05) is 0 Å². The van der Waals surface area contributed by atoms with Crippen LogP contribution >= 0.6 is 11.3 Å². The van der Waals surface area contributed by atoms with Crippen molar-refractivity contribution in [1.82, 2.24) is 0 Å². The lowest BCUT2D eigenvalue weighted by atomic mass is 10.7. The molecule has 0 aliphatic rings.